The summed E-state index contributed by atoms with van der Waals surface area (Å²) in [6, 6.07) is -0.976. The third kappa shape index (κ3) is 9.35. The van der Waals surface area contributed by atoms with Crippen LogP contribution in [0.3, 0.4) is 0 Å². The number of ether oxygens (including phenoxy) is 1. The Bertz CT molecular complexity index is 318. The monoisotopic (exact) mass is 286 g/mol. The summed E-state index contributed by atoms with van der Waals surface area (Å²) in [5.41, 5.74) is 5.06. The lowest BCUT2D eigenvalue weighted by molar-refractivity contribution is -0.148. The minimum Gasteiger partial charge on any atom is -0.464 e. The maximum absolute atomic E-state index is 11.7. The molecule has 6 nitrogen and oxygen atoms in total. The molecule has 0 unspecified atom stereocenters. The van der Waals surface area contributed by atoms with Crippen molar-refractivity contribution in [1.29, 1.82) is 0 Å². The normalized spacial score (nSPS) is 11.7. The number of esters is 1. The van der Waals surface area contributed by atoms with E-state index in [9.17, 15) is 14.4 Å². The van der Waals surface area contributed by atoms with Crippen molar-refractivity contribution in [1.82, 2.24) is 5.32 Å². The van der Waals surface area contributed by atoms with E-state index in [1.807, 2.05) is 0 Å². The molecule has 6 heteroatoms. The SMILES string of the molecule is CCCCCCCC(=O)N[C@H](CC(N)=O)C(=O)OCC. The number of carbonyl (C=O) groups excluding carboxylic acids is 3. The number of carbonyl (C=O) groups is 3. The third-order valence-corrected chi connectivity index (χ3v) is 2.82. The minimum atomic E-state index is -0.976. The predicted molar refractivity (Wildman–Crippen MR) is 75.8 cm³/mol. The topological polar surface area (TPSA) is 98.5 Å². The number of rotatable bonds is 11. The second-order valence-electron chi connectivity index (χ2n) is 4.71. The second kappa shape index (κ2) is 11.3. The first-order valence-electron chi connectivity index (χ1n) is 7.25. The van der Waals surface area contributed by atoms with Crippen LogP contribution in [-0.2, 0) is 19.1 Å². The van der Waals surface area contributed by atoms with Crippen LogP contribution in [0.25, 0.3) is 0 Å². The molecule has 0 rings (SSSR count). The molecule has 2 amide bonds. The Labute approximate surface area is 120 Å². The van der Waals surface area contributed by atoms with Gasteiger partial charge in [0.1, 0.15) is 6.04 Å². The highest BCUT2D eigenvalue weighted by Gasteiger charge is 2.23. The zero-order chi connectivity index (χ0) is 15.4. The fourth-order valence-electron chi connectivity index (χ4n) is 1.79. The lowest BCUT2D eigenvalue weighted by Crippen LogP contribution is -2.44. The van der Waals surface area contributed by atoms with Crippen molar-refractivity contribution in [3.63, 3.8) is 0 Å². The Hall–Kier alpha value is -1.59. The van der Waals surface area contributed by atoms with Crippen LogP contribution >= 0.6 is 0 Å². The molecule has 0 spiro atoms. The molecule has 0 heterocycles. The van der Waals surface area contributed by atoms with Crippen molar-refractivity contribution in [3.8, 4) is 0 Å². The largest absolute Gasteiger partial charge is 0.464 e. The van der Waals surface area contributed by atoms with Gasteiger partial charge in [-0.3, -0.25) is 9.59 Å². The van der Waals surface area contributed by atoms with Gasteiger partial charge in [0.2, 0.25) is 11.8 Å². The molecule has 0 aromatic rings. The van der Waals surface area contributed by atoms with E-state index >= 15 is 0 Å². The van der Waals surface area contributed by atoms with Crippen LogP contribution in [0.1, 0.15) is 58.8 Å². The maximum atomic E-state index is 11.7. The average molecular weight is 286 g/mol. The Morgan fingerprint density at radius 2 is 1.75 bits per heavy atom. The van der Waals surface area contributed by atoms with Crippen molar-refractivity contribution in [3.05, 3.63) is 0 Å². The molecule has 116 valence electrons. The number of nitrogens with two attached hydrogens (primary N) is 1. The highest BCUT2D eigenvalue weighted by molar-refractivity contribution is 5.88. The van der Waals surface area contributed by atoms with Crippen LogP contribution in [0.15, 0.2) is 0 Å². The number of hydrogen-bond donors (Lipinski definition) is 2. The van der Waals surface area contributed by atoms with Gasteiger partial charge in [-0.15, -0.1) is 0 Å². The van der Waals surface area contributed by atoms with Gasteiger partial charge < -0.3 is 15.8 Å². The van der Waals surface area contributed by atoms with Crippen LogP contribution in [0.5, 0.6) is 0 Å². The second-order valence-corrected chi connectivity index (χ2v) is 4.71. The van der Waals surface area contributed by atoms with E-state index < -0.39 is 17.9 Å². The van der Waals surface area contributed by atoms with Crippen LogP contribution in [0.2, 0.25) is 0 Å². The van der Waals surface area contributed by atoms with E-state index in [1.54, 1.807) is 6.92 Å². The Morgan fingerprint density at radius 3 is 2.30 bits per heavy atom. The first kappa shape index (κ1) is 18.4. The quantitative estimate of drug-likeness (QED) is 0.441. The van der Waals surface area contributed by atoms with E-state index in [1.165, 1.54) is 0 Å². The van der Waals surface area contributed by atoms with Gasteiger partial charge in [-0.25, -0.2) is 4.79 Å². The van der Waals surface area contributed by atoms with Gasteiger partial charge in [0.25, 0.3) is 0 Å². The zero-order valence-corrected chi connectivity index (χ0v) is 12.4. The molecule has 0 aliphatic rings. The smallest absolute Gasteiger partial charge is 0.329 e. The molecule has 0 aliphatic carbocycles. The fourth-order valence-corrected chi connectivity index (χ4v) is 1.79. The third-order valence-electron chi connectivity index (χ3n) is 2.82. The molecular weight excluding hydrogens is 260 g/mol. The summed E-state index contributed by atoms with van der Waals surface area (Å²) >= 11 is 0. The van der Waals surface area contributed by atoms with Crippen LogP contribution < -0.4 is 11.1 Å². The van der Waals surface area contributed by atoms with E-state index in [0.29, 0.717) is 6.42 Å². The van der Waals surface area contributed by atoms with E-state index in [0.717, 1.165) is 32.1 Å². The van der Waals surface area contributed by atoms with Gasteiger partial charge in [0, 0.05) is 6.42 Å². The first-order chi connectivity index (χ1) is 9.51. The van der Waals surface area contributed by atoms with Gasteiger partial charge in [0.15, 0.2) is 0 Å². The fraction of sp³-hybridized carbons (Fsp3) is 0.786. The molecule has 1 atom stereocenters. The van der Waals surface area contributed by atoms with Gasteiger partial charge in [-0.05, 0) is 13.3 Å². The van der Waals surface area contributed by atoms with Crippen LogP contribution in [0.4, 0.5) is 0 Å². The Morgan fingerprint density at radius 1 is 1.10 bits per heavy atom. The minimum absolute atomic E-state index is 0.195. The van der Waals surface area contributed by atoms with Gasteiger partial charge >= 0.3 is 5.97 Å². The molecule has 0 saturated heterocycles. The molecule has 0 aliphatic heterocycles. The lowest BCUT2D eigenvalue weighted by Gasteiger charge is -2.15. The highest BCUT2D eigenvalue weighted by atomic mass is 16.5. The molecule has 0 fully saturated rings. The van der Waals surface area contributed by atoms with Crippen LogP contribution in [0, 0.1) is 0 Å². The summed E-state index contributed by atoms with van der Waals surface area (Å²) < 4.78 is 4.80. The molecule has 0 saturated carbocycles. The van der Waals surface area contributed by atoms with Crippen molar-refractivity contribution in [2.75, 3.05) is 6.61 Å². The van der Waals surface area contributed by atoms with Crippen molar-refractivity contribution >= 4 is 17.8 Å². The van der Waals surface area contributed by atoms with Crippen molar-refractivity contribution in [2.45, 2.75) is 64.8 Å². The summed E-state index contributed by atoms with van der Waals surface area (Å²) in [7, 11) is 0. The lowest BCUT2D eigenvalue weighted by atomic mass is 10.1. The number of primary amides is 1. The molecule has 0 aromatic heterocycles. The van der Waals surface area contributed by atoms with E-state index in [4.69, 9.17) is 10.5 Å². The highest BCUT2D eigenvalue weighted by Crippen LogP contribution is 2.05. The molecule has 3 N–H and O–H groups in total. The average Bonchev–Trinajstić information content (AvgIpc) is 2.37. The summed E-state index contributed by atoms with van der Waals surface area (Å²) in [5.74, 6) is -1.52. The van der Waals surface area contributed by atoms with Gasteiger partial charge in [0.05, 0.1) is 13.0 Å². The predicted octanol–water partition coefficient (Wildman–Crippen LogP) is 1.27. The van der Waals surface area contributed by atoms with Crippen molar-refractivity contribution < 1.29 is 19.1 Å². The first-order valence-corrected chi connectivity index (χ1v) is 7.25. The summed E-state index contributed by atoms with van der Waals surface area (Å²) in [6.07, 6.45) is 5.29. The molecule has 0 radical (unpaired) electrons. The molecule has 20 heavy (non-hydrogen) atoms. The molecule has 0 bridgehead atoms. The van der Waals surface area contributed by atoms with E-state index in [2.05, 4.69) is 12.2 Å². The van der Waals surface area contributed by atoms with E-state index in [-0.39, 0.29) is 18.9 Å². The van der Waals surface area contributed by atoms with Gasteiger partial charge in [-0.2, -0.15) is 0 Å². The van der Waals surface area contributed by atoms with Crippen LogP contribution in [-0.4, -0.2) is 30.4 Å². The summed E-state index contributed by atoms with van der Waals surface area (Å²) in [4.78, 5) is 34.2. The number of hydrogen-bond acceptors (Lipinski definition) is 4. The van der Waals surface area contributed by atoms with Gasteiger partial charge in [-0.1, -0.05) is 32.6 Å². The summed E-state index contributed by atoms with van der Waals surface area (Å²) in [6.45, 7) is 3.98. The number of nitrogens with one attached hydrogen (secondary N) is 1. The standard InChI is InChI=1S/C14H26N2O4/c1-3-5-6-7-8-9-13(18)16-11(10-12(15)17)14(19)20-4-2/h11H,3-10H2,1-2H3,(H2,15,17)(H,16,18)/t11-/m1/s1. The number of amides is 2. The summed E-state index contributed by atoms with van der Waals surface area (Å²) in [5, 5.41) is 2.51. The molecule has 0 aromatic carbocycles. The maximum Gasteiger partial charge on any atom is 0.329 e. The number of unbranched alkanes of at least 4 members (excludes halogenated alkanes) is 4. The molecular formula is C14H26N2O4. The Balaban J connectivity index is 4.11. The zero-order valence-electron chi connectivity index (χ0n) is 12.4. The Kier molecular flexibility index (Phi) is 10.4. The van der Waals surface area contributed by atoms with Crippen molar-refractivity contribution in [2.24, 2.45) is 5.73 Å².